The highest BCUT2D eigenvalue weighted by Crippen LogP contribution is 2.14. The first-order valence-corrected chi connectivity index (χ1v) is 5.00. The zero-order valence-electron chi connectivity index (χ0n) is 8.55. The number of hydrogen-bond donors (Lipinski definition) is 2. The van der Waals surface area contributed by atoms with Crippen LogP contribution in [0, 0.1) is 0 Å². The maximum atomic E-state index is 11.7. The normalized spacial score (nSPS) is 10.2. The van der Waals surface area contributed by atoms with Crippen LogP contribution in [0.25, 0.3) is 0 Å². The van der Waals surface area contributed by atoms with Crippen LogP contribution in [0.5, 0.6) is 0 Å². The number of rotatable bonds is 3. The molecule has 0 spiro atoms. The minimum absolute atomic E-state index is 0.0650. The van der Waals surface area contributed by atoms with Crippen LogP contribution >= 0.6 is 11.6 Å². The Morgan fingerprint density at radius 2 is 2.35 bits per heavy atom. The Bertz CT molecular complexity index is 528. The molecule has 0 saturated heterocycles. The molecule has 2 aromatic rings. The highest BCUT2D eigenvalue weighted by Gasteiger charge is 2.13. The minimum Gasteiger partial charge on any atom is -0.384 e. The summed E-state index contributed by atoms with van der Waals surface area (Å²) in [7, 11) is 0. The van der Waals surface area contributed by atoms with Gasteiger partial charge in [-0.05, 0) is 12.1 Å². The highest BCUT2D eigenvalue weighted by atomic mass is 35.5. The molecule has 2 aromatic heterocycles. The van der Waals surface area contributed by atoms with Gasteiger partial charge in [0.05, 0.1) is 11.6 Å². The van der Waals surface area contributed by atoms with Crippen LogP contribution in [-0.4, -0.2) is 21.0 Å². The predicted octanol–water partition coefficient (Wildman–Crippen LogP) is 0.630. The van der Waals surface area contributed by atoms with Crippen LogP contribution in [0.3, 0.4) is 0 Å². The van der Waals surface area contributed by atoms with E-state index in [9.17, 15) is 4.79 Å². The van der Waals surface area contributed by atoms with Crippen molar-refractivity contribution in [2.24, 2.45) is 0 Å². The van der Waals surface area contributed by atoms with Gasteiger partial charge in [0.2, 0.25) is 6.39 Å². The second kappa shape index (κ2) is 4.79. The van der Waals surface area contributed by atoms with E-state index in [4.69, 9.17) is 17.3 Å². The van der Waals surface area contributed by atoms with Crippen molar-refractivity contribution in [3.8, 4) is 0 Å². The number of nitrogen functional groups attached to an aromatic ring is 1. The molecule has 0 aliphatic carbocycles. The van der Waals surface area contributed by atoms with Gasteiger partial charge >= 0.3 is 0 Å². The molecule has 0 radical (unpaired) electrons. The van der Waals surface area contributed by atoms with Gasteiger partial charge in [-0.25, -0.2) is 4.98 Å². The van der Waals surface area contributed by atoms with E-state index in [0.29, 0.717) is 5.82 Å². The summed E-state index contributed by atoms with van der Waals surface area (Å²) >= 11 is 5.82. The molecule has 0 aliphatic rings. The SMILES string of the molecule is Nc1ccc(Cl)c(C(=O)NCc2ncon2)n1. The molecule has 0 fully saturated rings. The number of nitrogens with zero attached hydrogens (tertiary/aromatic N) is 3. The number of pyridine rings is 1. The van der Waals surface area contributed by atoms with Crippen molar-refractivity contribution in [3.63, 3.8) is 0 Å². The molecule has 7 nitrogen and oxygen atoms in total. The molecule has 1 amide bonds. The van der Waals surface area contributed by atoms with E-state index in [1.54, 1.807) is 0 Å². The lowest BCUT2D eigenvalue weighted by molar-refractivity contribution is 0.0945. The van der Waals surface area contributed by atoms with E-state index in [0.717, 1.165) is 0 Å². The van der Waals surface area contributed by atoms with E-state index in [1.165, 1.54) is 18.5 Å². The van der Waals surface area contributed by atoms with E-state index in [2.05, 4.69) is 25.0 Å². The lowest BCUT2D eigenvalue weighted by Crippen LogP contribution is -2.25. The maximum absolute atomic E-state index is 11.7. The molecule has 0 atom stereocenters. The molecule has 0 aromatic carbocycles. The molecule has 17 heavy (non-hydrogen) atoms. The van der Waals surface area contributed by atoms with E-state index in [1.807, 2.05) is 0 Å². The van der Waals surface area contributed by atoms with E-state index >= 15 is 0 Å². The largest absolute Gasteiger partial charge is 0.384 e. The summed E-state index contributed by atoms with van der Waals surface area (Å²) in [6.45, 7) is 0.127. The maximum Gasteiger partial charge on any atom is 0.271 e. The average Bonchev–Trinajstić information content (AvgIpc) is 2.82. The zero-order valence-corrected chi connectivity index (χ0v) is 9.31. The fourth-order valence-corrected chi connectivity index (χ4v) is 1.32. The van der Waals surface area contributed by atoms with Crippen LogP contribution in [0.15, 0.2) is 23.0 Å². The highest BCUT2D eigenvalue weighted by molar-refractivity contribution is 6.33. The number of anilines is 1. The summed E-state index contributed by atoms with van der Waals surface area (Å²) in [5, 5.41) is 6.31. The number of nitrogens with two attached hydrogens (primary N) is 1. The Morgan fingerprint density at radius 1 is 1.53 bits per heavy atom. The van der Waals surface area contributed by atoms with Crippen molar-refractivity contribution in [1.29, 1.82) is 0 Å². The summed E-state index contributed by atoms with van der Waals surface area (Å²) < 4.78 is 4.52. The number of aromatic nitrogens is 3. The van der Waals surface area contributed by atoms with Gasteiger partial charge in [0.15, 0.2) is 5.82 Å². The van der Waals surface area contributed by atoms with Crippen molar-refractivity contribution in [2.75, 3.05) is 5.73 Å². The van der Waals surface area contributed by atoms with Crippen molar-refractivity contribution < 1.29 is 9.32 Å². The van der Waals surface area contributed by atoms with Gasteiger partial charge in [0, 0.05) is 0 Å². The zero-order chi connectivity index (χ0) is 12.3. The molecular weight excluding hydrogens is 246 g/mol. The minimum atomic E-state index is -0.452. The second-order valence-corrected chi connectivity index (χ2v) is 3.50. The van der Waals surface area contributed by atoms with E-state index < -0.39 is 5.91 Å². The lowest BCUT2D eigenvalue weighted by Gasteiger charge is -2.04. The number of hydrogen-bond acceptors (Lipinski definition) is 6. The van der Waals surface area contributed by atoms with Gasteiger partial charge in [0.1, 0.15) is 11.5 Å². The number of carbonyl (C=O) groups is 1. The van der Waals surface area contributed by atoms with Crippen molar-refractivity contribution in [1.82, 2.24) is 20.4 Å². The van der Waals surface area contributed by atoms with Gasteiger partial charge in [-0.3, -0.25) is 4.79 Å². The Hall–Kier alpha value is -2.15. The number of halogens is 1. The first kappa shape index (κ1) is 11.3. The number of nitrogens with one attached hydrogen (secondary N) is 1. The van der Waals surface area contributed by atoms with Gasteiger partial charge in [0.25, 0.3) is 5.91 Å². The van der Waals surface area contributed by atoms with Gasteiger partial charge in [-0.2, -0.15) is 4.98 Å². The standard InChI is InChI=1S/C9H8ClN5O2/c10-5-1-2-6(11)14-8(5)9(16)12-3-7-13-4-17-15-7/h1-2,4H,3H2,(H2,11,14)(H,12,16). The third-order valence-electron chi connectivity index (χ3n) is 1.90. The smallest absolute Gasteiger partial charge is 0.271 e. The molecule has 3 N–H and O–H groups in total. The van der Waals surface area contributed by atoms with Gasteiger partial charge < -0.3 is 15.6 Å². The first-order chi connectivity index (χ1) is 8.16. The molecule has 2 heterocycles. The quantitative estimate of drug-likeness (QED) is 0.831. The third kappa shape index (κ3) is 2.70. The Morgan fingerprint density at radius 3 is 3.06 bits per heavy atom. The molecule has 88 valence electrons. The lowest BCUT2D eigenvalue weighted by atomic mass is 10.3. The fraction of sp³-hybridized carbons (Fsp3) is 0.111. The Balaban J connectivity index is 2.07. The molecule has 0 bridgehead atoms. The summed E-state index contributed by atoms with van der Waals surface area (Å²) in [4.78, 5) is 19.3. The second-order valence-electron chi connectivity index (χ2n) is 3.10. The first-order valence-electron chi connectivity index (χ1n) is 4.62. The Kier molecular flexibility index (Phi) is 3.20. The van der Waals surface area contributed by atoms with Crippen LogP contribution in [0.1, 0.15) is 16.3 Å². The van der Waals surface area contributed by atoms with Crippen LogP contribution in [0.2, 0.25) is 5.02 Å². The summed E-state index contributed by atoms with van der Waals surface area (Å²) in [6.07, 6.45) is 1.17. The van der Waals surface area contributed by atoms with Crippen molar-refractivity contribution >= 4 is 23.3 Å². The molecular formula is C9H8ClN5O2. The number of carbonyl (C=O) groups excluding carboxylic acids is 1. The van der Waals surface area contributed by atoms with Gasteiger partial charge in [-0.1, -0.05) is 16.8 Å². The molecule has 0 unspecified atom stereocenters. The van der Waals surface area contributed by atoms with Crippen LogP contribution in [-0.2, 0) is 6.54 Å². The van der Waals surface area contributed by atoms with Crippen molar-refractivity contribution in [2.45, 2.75) is 6.54 Å². The molecule has 8 heteroatoms. The van der Waals surface area contributed by atoms with Crippen LogP contribution < -0.4 is 11.1 Å². The third-order valence-corrected chi connectivity index (χ3v) is 2.20. The summed E-state index contributed by atoms with van der Waals surface area (Å²) in [5.41, 5.74) is 5.53. The topological polar surface area (TPSA) is 107 Å². The summed E-state index contributed by atoms with van der Waals surface area (Å²) in [5.74, 6) is 0.129. The van der Waals surface area contributed by atoms with Crippen molar-refractivity contribution in [3.05, 3.63) is 35.1 Å². The monoisotopic (exact) mass is 253 g/mol. The molecule has 0 saturated carbocycles. The predicted molar refractivity (Wildman–Crippen MR) is 59.1 cm³/mol. The van der Waals surface area contributed by atoms with Gasteiger partial charge in [-0.15, -0.1) is 0 Å². The van der Waals surface area contributed by atoms with Crippen LogP contribution in [0.4, 0.5) is 5.82 Å². The molecule has 0 aliphatic heterocycles. The number of amides is 1. The summed E-state index contributed by atoms with van der Waals surface area (Å²) in [6, 6.07) is 3.02. The fourth-order valence-electron chi connectivity index (χ4n) is 1.13. The van der Waals surface area contributed by atoms with E-state index in [-0.39, 0.29) is 23.1 Å². The molecule has 2 rings (SSSR count). The Labute approximate surface area is 101 Å². The average molecular weight is 254 g/mol.